The standard InChI is InChI=1S/C53H95NO5/c1-4-7-10-13-16-19-22-24-25-26-28-30-32-35-38-41-44-49(59-53(58)46-43-40-37-34-31-27-23-20-17-14-11-8-5-2)47-52(57)54-50(48-55)51(56)45-42-39-36-33-29-21-18-15-12-9-6-3/h10,13,16,19,22,24-26,28,30,49-51,55-56H,4-9,11-12,14-15,17-18,20-21,23,27,29,31-48H2,1-3H3,(H,54,57)/b13-10+,19-16+,24-22+,26-25+,30-28+. The second-order valence-corrected chi connectivity index (χ2v) is 17.0. The molecule has 0 aromatic carbocycles. The number of amides is 1. The van der Waals surface area contributed by atoms with E-state index in [9.17, 15) is 19.8 Å². The summed E-state index contributed by atoms with van der Waals surface area (Å²) in [7, 11) is 0. The molecule has 1 amide bonds. The smallest absolute Gasteiger partial charge is 0.306 e. The van der Waals surface area contributed by atoms with Crippen LogP contribution in [-0.4, -0.2) is 46.9 Å². The van der Waals surface area contributed by atoms with Gasteiger partial charge in [0.2, 0.25) is 5.91 Å². The number of aliphatic hydroxyl groups is 2. The molecular weight excluding hydrogens is 731 g/mol. The third kappa shape index (κ3) is 42.1. The summed E-state index contributed by atoms with van der Waals surface area (Å²) >= 11 is 0. The van der Waals surface area contributed by atoms with Crippen molar-refractivity contribution in [3.05, 3.63) is 60.8 Å². The van der Waals surface area contributed by atoms with Crippen molar-refractivity contribution < 1.29 is 24.5 Å². The molecule has 6 nitrogen and oxygen atoms in total. The number of hydrogen-bond donors (Lipinski definition) is 3. The van der Waals surface area contributed by atoms with Gasteiger partial charge < -0.3 is 20.3 Å². The Morgan fingerprint density at radius 2 is 0.898 bits per heavy atom. The van der Waals surface area contributed by atoms with Crippen molar-refractivity contribution in [2.24, 2.45) is 0 Å². The number of rotatable bonds is 44. The zero-order valence-corrected chi connectivity index (χ0v) is 38.9. The normalized spacial score (nSPS) is 13.8. The summed E-state index contributed by atoms with van der Waals surface area (Å²) in [5, 5.41) is 23.7. The third-order valence-electron chi connectivity index (χ3n) is 11.2. The van der Waals surface area contributed by atoms with Gasteiger partial charge >= 0.3 is 5.97 Å². The molecule has 0 aliphatic heterocycles. The van der Waals surface area contributed by atoms with Crippen molar-refractivity contribution in [1.29, 1.82) is 0 Å². The SMILES string of the molecule is CCC/C=C/C=C/C=C/C=C/C=C/CCCCCC(CC(=O)NC(CO)C(O)CCCCCCCCCCCCC)OC(=O)CCCCCCCCCCCCCCC. The molecule has 0 aliphatic rings. The van der Waals surface area contributed by atoms with Crippen LogP contribution in [0.1, 0.15) is 239 Å². The predicted octanol–water partition coefficient (Wildman–Crippen LogP) is 14.8. The first kappa shape index (κ1) is 56.6. The van der Waals surface area contributed by atoms with Crippen molar-refractivity contribution in [2.45, 2.75) is 257 Å². The van der Waals surface area contributed by atoms with E-state index in [1.165, 1.54) is 122 Å². The molecule has 3 N–H and O–H groups in total. The quantitative estimate of drug-likeness (QED) is 0.0323. The monoisotopic (exact) mass is 826 g/mol. The average molecular weight is 826 g/mol. The van der Waals surface area contributed by atoms with Crippen LogP contribution in [0.25, 0.3) is 0 Å². The Morgan fingerprint density at radius 3 is 1.37 bits per heavy atom. The van der Waals surface area contributed by atoms with Crippen LogP contribution in [0.3, 0.4) is 0 Å². The van der Waals surface area contributed by atoms with Crippen LogP contribution in [0.5, 0.6) is 0 Å². The molecule has 0 spiro atoms. The number of unbranched alkanes of at least 4 members (excludes halogenated alkanes) is 26. The van der Waals surface area contributed by atoms with Crippen molar-refractivity contribution in [3.8, 4) is 0 Å². The highest BCUT2D eigenvalue weighted by Crippen LogP contribution is 2.17. The van der Waals surface area contributed by atoms with Gasteiger partial charge in [-0.25, -0.2) is 0 Å². The molecule has 0 saturated heterocycles. The maximum Gasteiger partial charge on any atom is 0.306 e. The Bertz CT molecular complexity index is 1060. The molecule has 0 aromatic heterocycles. The Hall–Kier alpha value is -2.44. The molecule has 342 valence electrons. The molecule has 0 aliphatic carbocycles. The summed E-state index contributed by atoms with van der Waals surface area (Å²) < 4.78 is 5.91. The fourth-order valence-electron chi connectivity index (χ4n) is 7.40. The number of ether oxygens (including phenoxy) is 1. The van der Waals surface area contributed by atoms with Gasteiger partial charge in [0.05, 0.1) is 25.2 Å². The molecule has 0 aromatic rings. The molecule has 3 unspecified atom stereocenters. The lowest BCUT2D eigenvalue weighted by Crippen LogP contribution is -2.46. The summed E-state index contributed by atoms with van der Waals surface area (Å²) in [6.07, 6.45) is 57.0. The van der Waals surface area contributed by atoms with Crippen LogP contribution < -0.4 is 5.32 Å². The van der Waals surface area contributed by atoms with Crippen molar-refractivity contribution >= 4 is 11.9 Å². The molecule has 0 heterocycles. The van der Waals surface area contributed by atoms with Gasteiger partial charge in [-0.05, 0) is 44.9 Å². The van der Waals surface area contributed by atoms with Crippen molar-refractivity contribution in [2.75, 3.05) is 6.61 Å². The van der Waals surface area contributed by atoms with Crippen LogP contribution >= 0.6 is 0 Å². The molecule has 6 heteroatoms. The molecule has 0 saturated carbocycles. The number of esters is 1. The topological polar surface area (TPSA) is 95.9 Å². The van der Waals surface area contributed by atoms with Gasteiger partial charge in [-0.1, -0.05) is 242 Å². The van der Waals surface area contributed by atoms with Crippen molar-refractivity contribution in [3.63, 3.8) is 0 Å². The van der Waals surface area contributed by atoms with E-state index in [2.05, 4.69) is 50.4 Å². The Morgan fingerprint density at radius 1 is 0.492 bits per heavy atom. The largest absolute Gasteiger partial charge is 0.462 e. The first-order valence-corrected chi connectivity index (χ1v) is 25.1. The van der Waals surface area contributed by atoms with Crippen LogP contribution in [0.2, 0.25) is 0 Å². The van der Waals surface area contributed by atoms with Crippen molar-refractivity contribution in [1.82, 2.24) is 5.32 Å². The highest BCUT2D eigenvalue weighted by molar-refractivity contribution is 5.77. The van der Waals surface area contributed by atoms with Gasteiger partial charge in [0.15, 0.2) is 0 Å². The van der Waals surface area contributed by atoms with E-state index < -0.39 is 18.2 Å². The van der Waals surface area contributed by atoms with Gasteiger partial charge in [-0.15, -0.1) is 0 Å². The van der Waals surface area contributed by atoms with Gasteiger partial charge in [0.1, 0.15) is 6.10 Å². The summed E-state index contributed by atoms with van der Waals surface area (Å²) in [5.74, 6) is -0.513. The minimum atomic E-state index is -0.799. The van der Waals surface area contributed by atoms with E-state index in [0.29, 0.717) is 19.3 Å². The van der Waals surface area contributed by atoms with E-state index in [0.717, 1.165) is 70.6 Å². The first-order chi connectivity index (χ1) is 29.0. The van der Waals surface area contributed by atoms with Gasteiger partial charge in [0, 0.05) is 6.42 Å². The lowest BCUT2D eigenvalue weighted by molar-refractivity contribution is -0.151. The van der Waals surface area contributed by atoms with E-state index in [1.807, 2.05) is 36.5 Å². The van der Waals surface area contributed by atoms with Gasteiger partial charge in [0.25, 0.3) is 0 Å². The lowest BCUT2D eigenvalue weighted by atomic mass is 10.0. The predicted molar refractivity (Wildman–Crippen MR) is 255 cm³/mol. The van der Waals surface area contributed by atoms with Crippen LogP contribution in [-0.2, 0) is 14.3 Å². The summed E-state index contributed by atoms with van der Waals surface area (Å²) in [6.45, 7) is 6.37. The molecular formula is C53H95NO5. The van der Waals surface area contributed by atoms with E-state index in [4.69, 9.17) is 4.74 Å². The van der Waals surface area contributed by atoms with Gasteiger partial charge in [-0.3, -0.25) is 9.59 Å². The summed E-state index contributed by atoms with van der Waals surface area (Å²) in [6, 6.07) is -0.715. The highest BCUT2D eigenvalue weighted by atomic mass is 16.5. The third-order valence-corrected chi connectivity index (χ3v) is 11.2. The number of aliphatic hydroxyl groups excluding tert-OH is 2. The zero-order valence-electron chi connectivity index (χ0n) is 38.9. The maximum atomic E-state index is 13.2. The number of carbonyl (C=O) groups is 2. The Labute approximate surface area is 365 Å². The Balaban J connectivity index is 4.70. The average Bonchev–Trinajstić information content (AvgIpc) is 3.23. The minimum absolute atomic E-state index is 0.0500. The summed E-state index contributed by atoms with van der Waals surface area (Å²) in [4.78, 5) is 26.1. The van der Waals surface area contributed by atoms with E-state index in [-0.39, 0.29) is 24.9 Å². The maximum absolute atomic E-state index is 13.2. The van der Waals surface area contributed by atoms with Crippen LogP contribution in [0, 0.1) is 0 Å². The first-order valence-electron chi connectivity index (χ1n) is 25.1. The zero-order chi connectivity index (χ0) is 43.1. The number of carbonyl (C=O) groups excluding carboxylic acids is 2. The molecule has 0 radical (unpaired) electrons. The number of allylic oxidation sites excluding steroid dienone is 10. The molecule has 0 bridgehead atoms. The fraction of sp³-hybridized carbons (Fsp3) is 0.774. The Kier molecular flexibility index (Phi) is 44.7. The minimum Gasteiger partial charge on any atom is -0.462 e. The molecule has 0 rings (SSSR count). The molecule has 0 fully saturated rings. The second-order valence-electron chi connectivity index (χ2n) is 17.0. The van der Waals surface area contributed by atoms with E-state index in [1.54, 1.807) is 0 Å². The van der Waals surface area contributed by atoms with E-state index >= 15 is 0 Å². The van der Waals surface area contributed by atoms with Crippen LogP contribution in [0.4, 0.5) is 0 Å². The second kappa shape index (κ2) is 46.6. The lowest BCUT2D eigenvalue weighted by Gasteiger charge is -2.24. The van der Waals surface area contributed by atoms with Crippen LogP contribution in [0.15, 0.2) is 60.8 Å². The molecule has 3 atom stereocenters. The number of nitrogens with one attached hydrogen (secondary N) is 1. The van der Waals surface area contributed by atoms with Gasteiger partial charge in [-0.2, -0.15) is 0 Å². The highest BCUT2D eigenvalue weighted by Gasteiger charge is 2.24. The molecule has 59 heavy (non-hydrogen) atoms. The fourth-order valence-corrected chi connectivity index (χ4v) is 7.40. The number of hydrogen-bond acceptors (Lipinski definition) is 5. The summed E-state index contributed by atoms with van der Waals surface area (Å²) in [5.41, 5.74) is 0.